The van der Waals surface area contributed by atoms with Crippen molar-refractivity contribution in [2.24, 2.45) is 0 Å². The number of hydrogen-bond donors (Lipinski definition) is 0. The molecule has 0 amide bonds. The fourth-order valence-corrected chi connectivity index (χ4v) is 1.69. The fraction of sp³-hybridized carbons (Fsp3) is 0.273. The second kappa shape index (κ2) is 3.09. The third kappa shape index (κ3) is 1.69. The molecule has 74 valence electrons. The molecule has 2 aromatic rings. The smallest absolute Gasteiger partial charge is 0.162 e. The van der Waals surface area contributed by atoms with Gasteiger partial charge in [-0.05, 0) is 38.1 Å². The summed E-state index contributed by atoms with van der Waals surface area (Å²) in [7, 11) is 0. The number of alkyl halides is 1. The molecule has 1 aromatic carbocycles. The Kier molecular flexibility index (Phi) is 2.14. The summed E-state index contributed by atoms with van der Waals surface area (Å²) in [6.45, 7) is 2.97. The first-order chi connectivity index (χ1) is 6.47. The monoisotopic (exact) mass is 256 g/mol. The SMILES string of the molecule is CC(C)(F)c1cc2cc(Br)ccc2o1. The van der Waals surface area contributed by atoms with E-state index in [1.807, 2.05) is 18.2 Å². The Labute approximate surface area is 90.0 Å². The van der Waals surface area contributed by atoms with Crippen molar-refractivity contribution in [3.8, 4) is 0 Å². The normalized spacial score (nSPS) is 12.3. The second-order valence-corrected chi connectivity index (χ2v) is 4.68. The molecule has 14 heavy (non-hydrogen) atoms. The van der Waals surface area contributed by atoms with Crippen LogP contribution >= 0.6 is 15.9 Å². The van der Waals surface area contributed by atoms with Crippen molar-refractivity contribution in [1.29, 1.82) is 0 Å². The van der Waals surface area contributed by atoms with Crippen LogP contribution in [0.25, 0.3) is 11.0 Å². The van der Waals surface area contributed by atoms with E-state index in [4.69, 9.17) is 4.42 Å². The number of benzene rings is 1. The van der Waals surface area contributed by atoms with E-state index in [-0.39, 0.29) is 0 Å². The first kappa shape index (κ1) is 9.71. The maximum Gasteiger partial charge on any atom is 0.162 e. The van der Waals surface area contributed by atoms with Crippen LogP contribution in [0, 0.1) is 0 Å². The van der Waals surface area contributed by atoms with Gasteiger partial charge in [-0.3, -0.25) is 0 Å². The van der Waals surface area contributed by atoms with Gasteiger partial charge < -0.3 is 4.42 Å². The van der Waals surface area contributed by atoms with Crippen LogP contribution in [0.5, 0.6) is 0 Å². The Bertz CT molecular complexity index is 468. The van der Waals surface area contributed by atoms with E-state index in [1.165, 1.54) is 13.8 Å². The molecule has 0 aliphatic rings. The Morgan fingerprint density at radius 2 is 2.00 bits per heavy atom. The molecule has 0 saturated heterocycles. The molecule has 0 saturated carbocycles. The van der Waals surface area contributed by atoms with Gasteiger partial charge in [0.05, 0.1) is 0 Å². The van der Waals surface area contributed by atoms with E-state index in [0.29, 0.717) is 11.3 Å². The highest BCUT2D eigenvalue weighted by molar-refractivity contribution is 9.10. The van der Waals surface area contributed by atoms with Crippen molar-refractivity contribution >= 4 is 26.9 Å². The van der Waals surface area contributed by atoms with E-state index in [9.17, 15) is 4.39 Å². The van der Waals surface area contributed by atoms with Gasteiger partial charge in [0, 0.05) is 9.86 Å². The van der Waals surface area contributed by atoms with Gasteiger partial charge in [-0.15, -0.1) is 0 Å². The van der Waals surface area contributed by atoms with Crippen molar-refractivity contribution in [3.05, 3.63) is 34.5 Å². The lowest BCUT2D eigenvalue weighted by Gasteiger charge is -2.08. The van der Waals surface area contributed by atoms with Gasteiger partial charge in [0.25, 0.3) is 0 Å². The molecule has 0 N–H and O–H groups in total. The summed E-state index contributed by atoms with van der Waals surface area (Å²) in [5.74, 6) is 0.366. The molecule has 1 nitrogen and oxygen atoms in total. The van der Waals surface area contributed by atoms with Gasteiger partial charge in [-0.2, -0.15) is 0 Å². The number of fused-ring (bicyclic) bond motifs is 1. The topological polar surface area (TPSA) is 13.1 Å². The van der Waals surface area contributed by atoms with Crippen LogP contribution in [0.15, 0.2) is 33.2 Å². The van der Waals surface area contributed by atoms with Gasteiger partial charge in [0.15, 0.2) is 5.67 Å². The average Bonchev–Trinajstić information content (AvgIpc) is 2.45. The molecular formula is C11H10BrFO. The molecule has 0 atom stereocenters. The number of hydrogen-bond acceptors (Lipinski definition) is 1. The summed E-state index contributed by atoms with van der Waals surface area (Å²) < 4.78 is 19.9. The second-order valence-electron chi connectivity index (χ2n) is 3.77. The third-order valence-corrected chi connectivity index (χ3v) is 2.56. The van der Waals surface area contributed by atoms with Gasteiger partial charge in [0.2, 0.25) is 0 Å². The maximum atomic E-state index is 13.6. The molecule has 0 fully saturated rings. The minimum absolute atomic E-state index is 0.366. The first-order valence-electron chi connectivity index (χ1n) is 4.35. The highest BCUT2D eigenvalue weighted by Gasteiger charge is 2.23. The summed E-state index contributed by atoms with van der Waals surface area (Å²) in [5, 5.41) is 0.917. The predicted molar refractivity (Wildman–Crippen MR) is 58.0 cm³/mol. The summed E-state index contributed by atoms with van der Waals surface area (Å²) in [6.07, 6.45) is 0. The molecule has 0 radical (unpaired) electrons. The summed E-state index contributed by atoms with van der Waals surface area (Å²) in [5.41, 5.74) is -0.709. The number of furan rings is 1. The van der Waals surface area contributed by atoms with Crippen LogP contribution in [0.2, 0.25) is 0 Å². The molecule has 0 aliphatic heterocycles. The van der Waals surface area contributed by atoms with Crippen LogP contribution in [0.1, 0.15) is 19.6 Å². The van der Waals surface area contributed by atoms with Crippen LogP contribution in [0.4, 0.5) is 4.39 Å². The van der Waals surface area contributed by atoms with Gasteiger partial charge in [0.1, 0.15) is 11.3 Å². The van der Waals surface area contributed by atoms with E-state index in [1.54, 1.807) is 6.07 Å². The van der Waals surface area contributed by atoms with Crippen molar-refractivity contribution in [1.82, 2.24) is 0 Å². The lowest BCUT2D eigenvalue weighted by Crippen LogP contribution is -2.06. The molecule has 0 bridgehead atoms. The lowest BCUT2D eigenvalue weighted by molar-refractivity contribution is 0.182. The van der Waals surface area contributed by atoms with Gasteiger partial charge in [-0.25, -0.2) is 4.39 Å². The highest BCUT2D eigenvalue weighted by Crippen LogP contribution is 2.31. The lowest BCUT2D eigenvalue weighted by atomic mass is 10.1. The fourth-order valence-electron chi connectivity index (χ4n) is 1.31. The largest absolute Gasteiger partial charge is 0.458 e. The maximum absolute atomic E-state index is 13.6. The van der Waals surface area contributed by atoms with E-state index in [0.717, 1.165) is 9.86 Å². The standard InChI is InChI=1S/C11H10BrFO/c1-11(2,13)10-6-7-5-8(12)3-4-9(7)14-10/h3-6H,1-2H3. The van der Waals surface area contributed by atoms with Crippen LogP contribution in [-0.4, -0.2) is 0 Å². The molecule has 1 heterocycles. The molecule has 1 aromatic heterocycles. The van der Waals surface area contributed by atoms with Crippen LogP contribution in [0.3, 0.4) is 0 Å². The quantitative estimate of drug-likeness (QED) is 0.737. The zero-order chi connectivity index (χ0) is 10.3. The minimum atomic E-state index is -1.43. The molecule has 0 unspecified atom stereocenters. The van der Waals surface area contributed by atoms with Crippen molar-refractivity contribution < 1.29 is 8.81 Å². The Morgan fingerprint density at radius 1 is 1.29 bits per heavy atom. The van der Waals surface area contributed by atoms with Crippen molar-refractivity contribution in [2.45, 2.75) is 19.5 Å². The zero-order valence-electron chi connectivity index (χ0n) is 7.97. The van der Waals surface area contributed by atoms with Crippen molar-refractivity contribution in [2.75, 3.05) is 0 Å². The first-order valence-corrected chi connectivity index (χ1v) is 5.14. The Morgan fingerprint density at radius 3 is 2.64 bits per heavy atom. The minimum Gasteiger partial charge on any atom is -0.458 e. The van der Waals surface area contributed by atoms with Crippen LogP contribution in [-0.2, 0) is 5.67 Å². The molecule has 2 rings (SSSR count). The highest BCUT2D eigenvalue weighted by atomic mass is 79.9. The predicted octanol–water partition coefficient (Wildman–Crippen LogP) is 4.40. The molecule has 3 heteroatoms. The van der Waals surface area contributed by atoms with Gasteiger partial charge >= 0.3 is 0 Å². The zero-order valence-corrected chi connectivity index (χ0v) is 9.56. The molecular weight excluding hydrogens is 247 g/mol. The Hall–Kier alpha value is -0.830. The average molecular weight is 257 g/mol. The summed E-state index contributed by atoms with van der Waals surface area (Å²) in [4.78, 5) is 0. The van der Waals surface area contributed by atoms with E-state index in [2.05, 4.69) is 15.9 Å². The van der Waals surface area contributed by atoms with E-state index >= 15 is 0 Å². The Balaban J connectivity index is 2.63. The van der Waals surface area contributed by atoms with Gasteiger partial charge in [-0.1, -0.05) is 15.9 Å². The number of rotatable bonds is 1. The summed E-state index contributed by atoms with van der Waals surface area (Å²) >= 11 is 3.36. The molecule has 0 spiro atoms. The van der Waals surface area contributed by atoms with Crippen LogP contribution < -0.4 is 0 Å². The van der Waals surface area contributed by atoms with Crippen molar-refractivity contribution in [3.63, 3.8) is 0 Å². The van der Waals surface area contributed by atoms with E-state index < -0.39 is 5.67 Å². The summed E-state index contributed by atoms with van der Waals surface area (Å²) in [6, 6.07) is 7.35. The molecule has 0 aliphatic carbocycles. The third-order valence-electron chi connectivity index (χ3n) is 2.06. The number of halogens is 2.